The van der Waals surface area contributed by atoms with E-state index in [9.17, 15) is 9.82 Å². The van der Waals surface area contributed by atoms with E-state index in [4.69, 9.17) is 16.6 Å². The first-order valence-corrected chi connectivity index (χ1v) is 16.9. The van der Waals surface area contributed by atoms with Crippen molar-refractivity contribution < 1.29 is 9.82 Å². The number of hydrogen-bond donors (Lipinski definition) is 1. The van der Waals surface area contributed by atoms with E-state index in [0.717, 1.165) is 99.1 Å². The van der Waals surface area contributed by atoms with Gasteiger partial charge in [0.05, 0.1) is 11.7 Å². The Balaban J connectivity index is 1.04. The van der Waals surface area contributed by atoms with Gasteiger partial charge < -0.3 is 14.7 Å². The molecule has 4 heterocycles. The summed E-state index contributed by atoms with van der Waals surface area (Å²) >= 11 is 10.1. The van der Waals surface area contributed by atoms with E-state index in [-0.39, 0.29) is 13.1 Å². The summed E-state index contributed by atoms with van der Waals surface area (Å²) in [4.78, 5) is 25.0. The number of carbonyl (C=O) groups is 1. The largest absolute Gasteiger partial charge is 0.437 e. The lowest BCUT2D eigenvalue weighted by atomic mass is 9.78. The Labute approximate surface area is 259 Å². The number of fused-ring (bicyclic) bond motifs is 2. The highest BCUT2D eigenvalue weighted by Gasteiger charge is 2.36. The highest BCUT2D eigenvalue weighted by atomic mass is 79.9. The van der Waals surface area contributed by atoms with Crippen LogP contribution in [0.25, 0.3) is 0 Å². The molecule has 4 aliphatic rings. The zero-order valence-electron chi connectivity index (χ0n) is 24.3. The van der Waals surface area contributed by atoms with Gasteiger partial charge in [0.2, 0.25) is 5.91 Å². The van der Waals surface area contributed by atoms with E-state index in [1.807, 2.05) is 19.1 Å². The first-order valence-electron chi connectivity index (χ1n) is 15.7. The average molecular weight is 642 g/mol. The van der Waals surface area contributed by atoms with Crippen molar-refractivity contribution >= 4 is 40.5 Å². The van der Waals surface area contributed by atoms with Gasteiger partial charge in [-0.1, -0.05) is 17.7 Å². The predicted octanol–water partition coefficient (Wildman–Crippen LogP) is 5.85. The van der Waals surface area contributed by atoms with Crippen LogP contribution in [0.1, 0.15) is 73.4 Å². The van der Waals surface area contributed by atoms with Gasteiger partial charge in [-0.05, 0) is 153 Å². The Kier molecular flexibility index (Phi) is 9.43. The lowest BCUT2D eigenvalue weighted by Crippen LogP contribution is -2.45. The van der Waals surface area contributed by atoms with Crippen molar-refractivity contribution in [3.8, 4) is 0 Å². The van der Waals surface area contributed by atoms with Crippen LogP contribution in [0.5, 0.6) is 0 Å². The van der Waals surface area contributed by atoms with Crippen molar-refractivity contribution in [2.24, 2.45) is 17.8 Å². The number of likely N-dealkylation sites (tertiary alicyclic amines) is 2. The van der Waals surface area contributed by atoms with E-state index in [0.29, 0.717) is 18.2 Å². The number of nitrogens with zero attached hydrogens (tertiary/aromatic N) is 4. The number of halogens is 2. The van der Waals surface area contributed by atoms with Crippen LogP contribution >= 0.6 is 27.5 Å². The van der Waals surface area contributed by atoms with Crippen molar-refractivity contribution in [2.75, 3.05) is 39.3 Å². The molecule has 1 N–H and O–H groups in total. The number of benzene rings is 1. The topological polar surface area (TPSA) is 59.9 Å². The highest BCUT2D eigenvalue weighted by Crippen LogP contribution is 2.41. The normalized spacial score (nSPS) is 23.6. The summed E-state index contributed by atoms with van der Waals surface area (Å²) in [6.07, 6.45) is 11.3. The number of aromatic nitrogens is 1. The van der Waals surface area contributed by atoms with Crippen molar-refractivity contribution in [1.29, 1.82) is 0 Å². The Bertz CT molecular complexity index is 1170. The Hall–Kier alpha value is -1.45. The van der Waals surface area contributed by atoms with Crippen LogP contribution < -0.4 is 0 Å². The molecule has 3 aliphatic heterocycles. The van der Waals surface area contributed by atoms with E-state index in [1.165, 1.54) is 35.2 Å². The minimum absolute atomic E-state index is 0.181. The molecule has 3 saturated heterocycles. The standard InChI is InChI=1S/C32H43BBrClN4O2/c1-33(41)39-16-6-22(7-17-39)18-30(40)37-12-8-23(9-13-37)24-10-14-38(15-11-24)32-29-5-4-28(35)20-25(29)2-3-26-19-27(34)21-36-31(26)32/h4-5,19-24,32,41H,2-3,6-18H2,1H3. The second-order valence-corrected chi connectivity index (χ2v) is 14.2. The molecule has 220 valence electrons. The Morgan fingerprint density at radius 2 is 1.63 bits per heavy atom. The molecule has 0 radical (unpaired) electrons. The van der Waals surface area contributed by atoms with Gasteiger partial charge >= 0.3 is 7.05 Å². The minimum Gasteiger partial charge on any atom is -0.437 e. The molecule has 0 bridgehead atoms. The van der Waals surface area contributed by atoms with Gasteiger partial charge in [-0.2, -0.15) is 0 Å². The van der Waals surface area contributed by atoms with Gasteiger partial charge in [0.25, 0.3) is 0 Å². The van der Waals surface area contributed by atoms with Gasteiger partial charge in [0.15, 0.2) is 0 Å². The number of rotatable bonds is 5. The fourth-order valence-corrected chi connectivity index (χ4v) is 8.53. The zero-order chi connectivity index (χ0) is 28.5. The molecule has 0 spiro atoms. The fourth-order valence-electron chi connectivity index (χ4n) is 7.96. The summed E-state index contributed by atoms with van der Waals surface area (Å²) in [5.41, 5.74) is 5.26. The number of aryl methyl sites for hydroxylation is 2. The molecule has 1 aromatic heterocycles. The van der Waals surface area contributed by atoms with E-state index in [2.05, 4.69) is 48.7 Å². The molecule has 9 heteroatoms. The summed E-state index contributed by atoms with van der Waals surface area (Å²) in [6.45, 7) is 7.63. The molecular weight excluding hydrogens is 599 g/mol. The summed E-state index contributed by atoms with van der Waals surface area (Å²) in [7, 11) is -0.380. The maximum atomic E-state index is 13.1. The number of piperidine rings is 3. The summed E-state index contributed by atoms with van der Waals surface area (Å²) in [5, 5.41) is 10.6. The van der Waals surface area contributed by atoms with Crippen LogP contribution in [0.4, 0.5) is 0 Å². The van der Waals surface area contributed by atoms with Crippen molar-refractivity contribution in [2.45, 2.75) is 70.7 Å². The maximum Gasteiger partial charge on any atom is 0.376 e. The van der Waals surface area contributed by atoms with Gasteiger partial charge in [-0.15, -0.1) is 0 Å². The quantitative estimate of drug-likeness (QED) is 0.416. The molecule has 41 heavy (non-hydrogen) atoms. The molecular formula is C32H43BBrClN4O2. The van der Waals surface area contributed by atoms with Crippen molar-refractivity contribution in [3.05, 3.63) is 62.3 Å². The van der Waals surface area contributed by atoms with Gasteiger partial charge in [-0.25, -0.2) is 0 Å². The monoisotopic (exact) mass is 640 g/mol. The van der Waals surface area contributed by atoms with E-state index >= 15 is 0 Å². The summed E-state index contributed by atoms with van der Waals surface area (Å²) < 4.78 is 1.05. The third-order valence-electron chi connectivity index (χ3n) is 10.4. The molecule has 2 aromatic rings. The van der Waals surface area contributed by atoms with Gasteiger partial charge in [0, 0.05) is 35.2 Å². The molecule has 1 aliphatic carbocycles. The lowest BCUT2D eigenvalue weighted by Gasteiger charge is -2.43. The zero-order valence-corrected chi connectivity index (χ0v) is 26.6. The smallest absolute Gasteiger partial charge is 0.376 e. The highest BCUT2D eigenvalue weighted by molar-refractivity contribution is 9.10. The number of pyridine rings is 1. The molecule has 1 atom stereocenters. The first-order chi connectivity index (χ1) is 19.9. The number of hydrogen-bond acceptors (Lipinski definition) is 5. The SMILES string of the molecule is CB(O)N1CCC(CC(=O)N2CCC(C3CCN(C4c5ccc(Cl)cc5CCc5cc(Br)cnc54)CC3)CC2)CC1. The van der Waals surface area contributed by atoms with Crippen LogP contribution in [0.3, 0.4) is 0 Å². The summed E-state index contributed by atoms with van der Waals surface area (Å²) in [5.74, 6) is 2.27. The van der Waals surface area contributed by atoms with Crippen LogP contribution in [-0.4, -0.2) is 76.8 Å². The molecule has 1 unspecified atom stereocenters. The molecule has 1 aromatic carbocycles. The fraction of sp³-hybridized carbons (Fsp3) is 0.625. The minimum atomic E-state index is -0.380. The molecule has 0 saturated carbocycles. The molecule has 6 rings (SSSR count). The second kappa shape index (κ2) is 13.0. The number of amides is 1. The Morgan fingerprint density at radius 1 is 0.976 bits per heavy atom. The first kappa shape index (κ1) is 29.6. The van der Waals surface area contributed by atoms with Crippen molar-refractivity contribution in [1.82, 2.24) is 19.6 Å². The lowest BCUT2D eigenvalue weighted by molar-refractivity contribution is -0.134. The molecule has 1 amide bonds. The predicted molar refractivity (Wildman–Crippen MR) is 169 cm³/mol. The third kappa shape index (κ3) is 6.72. The van der Waals surface area contributed by atoms with E-state index in [1.54, 1.807) is 0 Å². The average Bonchev–Trinajstić information content (AvgIpc) is 3.14. The van der Waals surface area contributed by atoms with Crippen molar-refractivity contribution in [3.63, 3.8) is 0 Å². The van der Waals surface area contributed by atoms with Gasteiger partial charge in [0.1, 0.15) is 0 Å². The Morgan fingerprint density at radius 3 is 2.32 bits per heavy atom. The second-order valence-electron chi connectivity index (χ2n) is 12.9. The van der Waals surface area contributed by atoms with Crippen LogP contribution in [0.15, 0.2) is 34.9 Å². The maximum absolute atomic E-state index is 13.1. The van der Waals surface area contributed by atoms with Crippen LogP contribution in [-0.2, 0) is 17.6 Å². The van der Waals surface area contributed by atoms with E-state index < -0.39 is 0 Å². The van der Waals surface area contributed by atoms with Crippen LogP contribution in [0.2, 0.25) is 11.8 Å². The van der Waals surface area contributed by atoms with Gasteiger partial charge in [-0.3, -0.25) is 14.7 Å². The number of carbonyl (C=O) groups excluding carboxylic acids is 1. The molecule has 3 fully saturated rings. The molecule has 6 nitrogen and oxygen atoms in total. The van der Waals surface area contributed by atoms with Crippen LogP contribution in [0, 0.1) is 17.8 Å². The third-order valence-corrected chi connectivity index (χ3v) is 11.1. The summed E-state index contributed by atoms with van der Waals surface area (Å²) in [6, 6.07) is 8.86.